The molecule has 1 aromatic rings. The van der Waals surface area contributed by atoms with E-state index in [1.54, 1.807) is 4.90 Å². The summed E-state index contributed by atoms with van der Waals surface area (Å²) in [6.45, 7) is 18.8. The van der Waals surface area contributed by atoms with E-state index in [0.29, 0.717) is 82.1 Å². The summed E-state index contributed by atoms with van der Waals surface area (Å²) in [7, 11) is 0. The molecule has 0 aromatic heterocycles. The lowest BCUT2D eigenvalue weighted by Gasteiger charge is -2.27. The average Bonchev–Trinajstić information content (AvgIpc) is 3.31. The van der Waals surface area contributed by atoms with Crippen LogP contribution in [0.1, 0.15) is 271 Å². The van der Waals surface area contributed by atoms with Gasteiger partial charge in [-0.25, -0.2) is 9.59 Å². The molecule has 1 aromatic carbocycles. The Labute approximate surface area is 436 Å². The zero-order valence-electron chi connectivity index (χ0n) is 47.2. The van der Waals surface area contributed by atoms with Gasteiger partial charge in [-0.3, -0.25) is 4.79 Å². The molecular weight excluding hydrogens is 887 g/mol. The zero-order valence-corrected chi connectivity index (χ0v) is 47.2. The third-order valence-electron chi connectivity index (χ3n) is 12.3. The molecule has 0 fully saturated rings. The number of benzene rings is 1. The van der Waals surface area contributed by atoms with Crippen LogP contribution in [-0.2, 0) is 9.47 Å². The Morgan fingerprint density at radius 2 is 0.859 bits per heavy atom. The molecule has 0 aliphatic carbocycles. The summed E-state index contributed by atoms with van der Waals surface area (Å²) in [5, 5.41) is 5.85. The van der Waals surface area contributed by atoms with Crippen LogP contribution in [0.15, 0.2) is 42.5 Å². The van der Waals surface area contributed by atoms with Crippen molar-refractivity contribution in [2.75, 3.05) is 39.4 Å². The molecule has 71 heavy (non-hydrogen) atoms. The minimum Gasteiger partial charge on any atom is -0.490 e. The summed E-state index contributed by atoms with van der Waals surface area (Å²) in [4.78, 5) is 40.2. The van der Waals surface area contributed by atoms with Crippen LogP contribution in [0.4, 0.5) is 9.59 Å². The highest BCUT2D eigenvalue weighted by Crippen LogP contribution is 2.29. The SMILES string of the molecule is CCCCCCCCC=CCCCCCCCCOc1ccc(C(=O)NCCCCN(CCCCNC(=O)OC(C)(C)C)C(=O)OC(C)(C)C)cc1OCCCCCCCCC=CCCCCCCCC. The molecule has 10 nitrogen and oxygen atoms in total. The van der Waals surface area contributed by atoms with Crippen molar-refractivity contribution < 1.29 is 33.3 Å². The Balaban J connectivity index is 2.61. The number of amides is 3. The van der Waals surface area contributed by atoms with Crippen LogP contribution in [0, 0.1) is 0 Å². The van der Waals surface area contributed by atoms with E-state index in [9.17, 15) is 14.4 Å². The van der Waals surface area contributed by atoms with E-state index in [1.165, 1.54) is 154 Å². The molecular formula is C61H109N3O7. The average molecular weight is 997 g/mol. The fraction of sp³-hybridized carbons (Fsp3) is 0.787. The van der Waals surface area contributed by atoms with Crippen LogP contribution >= 0.6 is 0 Å². The summed E-state index contributed by atoms with van der Waals surface area (Å²) in [6, 6.07) is 5.54. The van der Waals surface area contributed by atoms with Gasteiger partial charge in [-0.05, 0) is 150 Å². The minimum absolute atomic E-state index is 0.159. The lowest BCUT2D eigenvalue weighted by Crippen LogP contribution is -2.38. The predicted molar refractivity (Wildman–Crippen MR) is 299 cm³/mol. The van der Waals surface area contributed by atoms with E-state index in [1.807, 2.05) is 59.7 Å². The van der Waals surface area contributed by atoms with E-state index < -0.39 is 17.3 Å². The normalized spacial score (nSPS) is 11.9. The van der Waals surface area contributed by atoms with E-state index >= 15 is 0 Å². The molecule has 0 radical (unpaired) electrons. The quantitative estimate of drug-likeness (QED) is 0.0494. The third kappa shape index (κ3) is 41.5. The van der Waals surface area contributed by atoms with Crippen molar-refractivity contribution in [1.82, 2.24) is 15.5 Å². The number of ether oxygens (including phenoxy) is 4. The molecule has 10 heteroatoms. The van der Waals surface area contributed by atoms with Gasteiger partial charge in [0.05, 0.1) is 13.2 Å². The molecule has 0 heterocycles. The highest BCUT2D eigenvalue weighted by atomic mass is 16.6. The van der Waals surface area contributed by atoms with Crippen molar-refractivity contribution >= 4 is 18.1 Å². The maximum absolute atomic E-state index is 13.4. The van der Waals surface area contributed by atoms with Crippen molar-refractivity contribution in [2.45, 2.75) is 272 Å². The smallest absolute Gasteiger partial charge is 0.410 e. The number of carbonyl (C=O) groups excluding carboxylic acids is 3. The topological polar surface area (TPSA) is 115 Å². The summed E-state index contributed by atoms with van der Waals surface area (Å²) in [5.41, 5.74) is -0.624. The van der Waals surface area contributed by atoms with Crippen LogP contribution < -0.4 is 20.1 Å². The van der Waals surface area contributed by atoms with Crippen LogP contribution in [0.2, 0.25) is 0 Å². The highest BCUT2D eigenvalue weighted by molar-refractivity contribution is 5.94. The summed E-state index contributed by atoms with van der Waals surface area (Å²) in [5.74, 6) is 1.17. The molecule has 0 atom stereocenters. The number of nitrogens with zero attached hydrogens (tertiary/aromatic N) is 1. The van der Waals surface area contributed by atoms with Gasteiger partial charge >= 0.3 is 12.2 Å². The van der Waals surface area contributed by atoms with Gasteiger partial charge in [-0.1, -0.05) is 154 Å². The zero-order chi connectivity index (χ0) is 52.1. The Kier molecular flexibility index (Phi) is 40.3. The van der Waals surface area contributed by atoms with Crippen LogP contribution in [0.5, 0.6) is 11.5 Å². The van der Waals surface area contributed by atoms with Crippen molar-refractivity contribution in [2.24, 2.45) is 0 Å². The van der Waals surface area contributed by atoms with Crippen molar-refractivity contribution in [1.29, 1.82) is 0 Å². The van der Waals surface area contributed by atoms with Gasteiger partial charge in [-0.15, -0.1) is 0 Å². The number of allylic oxidation sites excluding steroid dienone is 4. The standard InChI is InChI=1S/C61H109N3O7/c1-9-11-13-15-17-19-21-23-25-27-29-31-33-35-37-43-51-68-55-46-45-54(53-56(55)69-52-44-38-36-34-32-30-28-26-24-22-20-18-16-14-12-10-2)57(65)62-47-39-41-49-64(59(67)71-61(6,7)8)50-42-40-48-63-58(66)70-60(3,4)5/h23-26,45-46,53H,9-22,27-44,47-52H2,1-8H3,(H,62,65)(H,63,66). The lowest BCUT2D eigenvalue weighted by atomic mass is 10.1. The molecule has 0 aliphatic rings. The first-order valence-electron chi connectivity index (χ1n) is 29.2. The van der Waals surface area contributed by atoms with Gasteiger partial charge in [0, 0.05) is 31.7 Å². The molecule has 0 bridgehead atoms. The predicted octanol–water partition coefficient (Wildman–Crippen LogP) is 17.6. The largest absolute Gasteiger partial charge is 0.490 e. The number of nitrogens with one attached hydrogen (secondary N) is 2. The number of alkyl carbamates (subject to hydrolysis) is 1. The molecule has 2 N–H and O–H groups in total. The van der Waals surface area contributed by atoms with Crippen molar-refractivity contribution in [3.63, 3.8) is 0 Å². The van der Waals surface area contributed by atoms with E-state index in [4.69, 9.17) is 18.9 Å². The molecule has 3 amide bonds. The van der Waals surface area contributed by atoms with Crippen LogP contribution in [-0.4, -0.2) is 73.6 Å². The maximum atomic E-state index is 13.4. The third-order valence-corrected chi connectivity index (χ3v) is 12.3. The van der Waals surface area contributed by atoms with Crippen molar-refractivity contribution in [3.8, 4) is 11.5 Å². The molecule has 0 saturated heterocycles. The van der Waals surface area contributed by atoms with Crippen LogP contribution in [0.25, 0.3) is 0 Å². The summed E-state index contributed by atoms with van der Waals surface area (Å²) in [6.07, 6.45) is 46.9. The molecule has 0 saturated carbocycles. The van der Waals surface area contributed by atoms with Gasteiger partial charge < -0.3 is 34.5 Å². The van der Waals surface area contributed by atoms with Gasteiger partial charge in [0.25, 0.3) is 5.91 Å². The maximum Gasteiger partial charge on any atom is 0.410 e. The first kappa shape index (κ1) is 65.3. The first-order chi connectivity index (χ1) is 34.3. The van der Waals surface area contributed by atoms with E-state index in [2.05, 4.69) is 48.8 Å². The fourth-order valence-electron chi connectivity index (χ4n) is 8.23. The second-order valence-electron chi connectivity index (χ2n) is 21.8. The second-order valence-corrected chi connectivity index (χ2v) is 21.8. The van der Waals surface area contributed by atoms with Gasteiger partial charge in [0.2, 0.25) is 0 Å². The van der Waals surface area contributed by atoms with Gasteiger partial charge in [0.1, 0.15) is 11.2 Å². The number of rotatable bonds is 45. The number of hydrogen-bond donors (Lipinski definition) is 2. The molecule has 0 unspecified atom stereocenters. The Hall–Kier alpha value is -3.69. The Bertz CT molecular complexity index is 1510. The summed E-state index contributed by atoms with van der Waals surface area (Å²) >= 11 is 0. The number of hydrogen-bond acceptors (Lipinski definition) is 7. The number of unbranched alkanes of at least 4 members (excludes halogenated alkanes) is 26. The molecule has 0 aliphatic heterocycles. The molecule has 0 spiro atoms. The summed E-state index contributed by atoms with van der Waals surface area (Å²) < 4.78 is 23.6. The Morgan fingerprint density at radius 1 is 0.465 bits per heavy atom. The molecule has 410 valence electrons. The van der Waals surface area contributed by atoms with E-state index in [-0.39, 0.29) is 12.0 Å². The van der Waals surface area contributed by atoms with E-state index in [0.717, 1.165) is 25.7 Å². The highest BCUT2D eigenvalue weighted by Gasteiger charge is 2.22. The monoisotopic (exact) mass is 996 g/mol. The van der Waals surface area contributed by atoms with Crippen molar-refractivity contribution in [3.05, 3.63) is 48.1 Å². The molecule has 1 rings (SSSR count). The number of carbonyl (C=O) groups is 3. The van der Waals surface area contributed by atoms with Gasteiger partial charge in [0.15, 0.2) is 11.5 Å². The fourth-order valence-corrected chi connectivity index (χ4v) is 8.23. The minimum atomic E-state index is -0.613. The first-order valence-corrected chi connectivity index (χ1v) is 29.2. The second kappa shape index (κ2) is 43.9. The lowest BCUT2D eigenvalue weighted by molar-refractivity contribution is 0.0241. The van der Waals surface area contributed by atoms with Crippen LogP contribution in [0.3, 0.4) is 0 Å². The van der Waals surface area contributed by atoms with Gasteiger partial charge in [-0.2, -0.15) is 0 Å². The Morgan fingerprint density at radius 3 is 1.30 bits per heavy atom.